The number of rotatable bonds is 6. The molecule has 1 aliphatic rings. The standard InChI is InChI=1S/C15H19F3N4O4/c16-15(17,18)9-20-13(24)11-4-1-5-22(11)8-12(23)21-14(25)19-7-10-3-2-6-26-10/h2-3,6,11H,1,4-5,7-9H2,(H,20,24)(H2,19,21,23,25). The molecule has 1 atom stereocenters. The fourth-order valence-corrected chi connectivity index (χ4v) is 2.59. The van der Waals surface area contributed by atoms with Gasteiger partial charge in [0, 0.05) is 0 Å². The van der Waals surface area contributed by atoms with E-state index < -0.39 is 36.6 Å². The van der Waals surface area contributed by atoms with Gasteiger partial charge in [-0.05, 0) is 31.5 Å². The summed E-state index contributed by atoms with van der Waals surface area (Å²) in [7, 11) is 0. The summed E-state index contributed by atoms with van der Waals surface area (Å²) in [5.41, 5.74) is 0. The van der Waals surface area contributed by atoms with Crippen molar-refractivity contribution >= 4 is 17.8 Å². The van der Waals surface area contributed by atoms with Gasteiger partial charge in [0.1, 0.15) is 12.3 Å². The minimum Gasteiger partial charge on any atom is -0.467 e. The Morgan fingerprint density at radius 3 is 2.69 bits per heavy atom. The first-order chi connectivity index (χ1) is 12.2. The monoisotopic (exact) mass is 376 g/mol. The van der Waals surface area contributed by atoms with Gasteiger partial charge in [-0.15, -0.1) is 0 Å². The number of carbonyl (C=O) groups excluding carboxylic acids is 3. The molecule has 2 heterocycles. The highest BCUT2D eigenvalue weighted by molar-refractivity contribution is 5.95. The molecule has 26 heavy (non-hydrogen) atoms. The molecule has 0 spiro atoms. The second-order valence-electron chi connectivity index (χ2n) is 5.77. The van der Waals surface area contributed by atoms with Gasteiger partial charge in [0.2, 0.25) is 11.8 Å². The summed E-state index contributed by atoms with van der Waals surface area (Å²) >= 11 is 0. The Bertz CT molecular complexity index is 633. The normalized spacial score (nSPS) is 17.7. The predicted molar refractivity (Wildman–Crippen MR) is 82.7 cm³/mol. The molecular weight excluding hydrogens is 357 g/mol. The van der Waals surface area contributed by atoms with Crippen LogP contribution in [0, 0.1) is 0 Å². The van der Waals surface area contributed by atoms with Crippen molar-refractivity contribution in [1.82, 2.24) is 20.9 Å². The van der Waals surface area contributed by atoms with Gasteiger partial charge in [-0.2, -0.15) is 13.2 Å². The zero-order valence-electron chi connectivity index (χ0n) is 13.8. The topological polar surface area (TPSA) is 104 Å². The molecule has 0 aliphatic carbocycles. The van der Waals surface area contributed by atoms with Crippen LogP contribution in [-0.2, 0) is 16.1 Å². The summed E-state index contributed by atoms with van der Waals surface area (Å²) in [6.45, 7) is -1.21. The average molecular weight is 376 g/mol. The first kappa shape index (κ1) is 19.8. The zero-order chi connectivity index (χ0) is 19.2. The number of amides is 4. The molecule has 1 aromatic heterocycles. The molecule has 2 rings (SSSR count). The Hall–Kier alpha value is -2.56. The summed E-state index contributed by atoms with van der Waals surface area (Å²) < 4.78 is 41.6. The maximum atomic E-state index is 12.2. The summed E-state index contributed by atoms with van der Waals surface area (Å²) in [4.78, 5) is 36.9. The van der Waals surface area contributed by atoms with E-state index in [1.165, 1.54) is 11.2 Å². The molecule has 1 aliphatic heterocycles. The number of hydrogen-bond donors (Lipinski definition) is 3. The van der Waals surface area contributed by atoms with Crippen molar-refractivity contribution in [3.05, 3.63) is 24.2 Å². The van der Waals surface area contributed by atoms with E-state index in [0.717, 1.165) is 0 Å². The molecule has 1 aromatic rings. The van der Waals surface area contributed by atoms with Crippen LogP contribution in [0.25, 0.3) is 0 Å². The fraction of sp³-hybridized carbons (Fsp3) is 0.533. The smallest absolute Gasteiger partial charge is 0.405 e. The number of nitrogens with zero attached hydrogens (tertiary/aromatic N) is 1. The van der Waals surface area contributed by atoms with Crippen molar-refractivity contribution in [3.63, 3.8) is 0 Å². The SMILES string of the molecule is O=C(CN1CCCC1C(=O)NCC(F)(F)F)NC(=O)NCc1ccco1. The zero-order valence-corrected chi connectivity index (χ0v) is 13.8. The third-order valence-electron chi connectivity index (χ3n) is 3.73. The highest BCUT2D eigenvalue weighted by Crippen LogP contribution is 2.18. The lowest BCUT2D eigenvalue weighted by Gasteiger charge is -2.23. The highest BCUT2D eigenvalue weighted by atomic mass is 19.4. The first-order valence-corrected chi connectivity index (χ1v) is 7.93. The van der Waals surface area contributed by atoms with Gasteiger partial charge in [0.15, 0.2) is 0 Å². The van der Waals surface area contributed by atoms with Crippen LogP contribution >= 0.6 is 0 Å². The number of nitrogens with one attached hydrogen (secondary N) is 3. The highest BCUT2D eigenvalue weighted by Gasteiger charge is 2.34. The van der Waals surface area contributed by atoms with E-state index in [1.807, 2.05) is 5.32 Å². The Morgan fingerprint density at radius 1 is 1.27 bits per heavy atom. The maximum absolute atomic E-state index is 12.2. The molecule has 0 bridgehead atoms. The summed E-state index contributed by atoms with van der Waals surface area (Å²) in [6.07, 6.45) is -2.14. The molecule has 4 amide bonds. The van der Waals surface area contributed by atoms with Gasteiger partial charge in [0.25, 0.3) is 0 Å². The molecule has 144 valence electrons. The van der Waals surface area contributed by atoms with Crippen LogP contribution in [-0.4, -0.2) is 54.6 Å². The number of likely N-dealkylation sites (tertiary alicyclic amines) is 1. The van der Waals surface area contributed by atoms with Gasteiger partial charge in [-0.1, -0.05) is 0 Å². The molecular formula is C15H19F3N4O4. The van der Waals surface area contributed by atoms with E-state index in [0.29, 0.717) is 25.1 Å². The average Bonchev–Trinajstić information content (AvgIpc) is 3.21. The van der Waals surface area contributed by atoms with Crippen LogP contribution in [0.15, 0.2) is 22.8 Å². The summed E-state index contributed by atoms with van der Waals surface area (Å²) in [5.74, 6) is -0.930. The van der Waals surface area contributed by atoms with E-state index in [4.69, 9.17) is 4.42 Å². The largest absolute Gasteiger partial charge is 0.467 e. The van der Waals surface area contributed by atoms with Gasteiger partial charge in [-0.3, -0.25) is 19.8 Å². The van der Waals surface area contributed by atoms with Crippen molar-refractivity contribution in [2.75, 3.05) is 19.6 Å². The quantitative estimate of drug-likeness (QED) is 0.680. The lowest BCUT2D eigenvalue weighted by Crippen LogP contribution is -2.50. The van der Waals surface area contributed by atoms with Crippen molar-refractivity contribution in [1.29, 1.82) is 0 Å². The first-order valence-electron chi connectivity index (χ1n) is 7.93. The number of alkyl halides is 3. The second-order valence-corrected chi connectivity index (χ2v) is 5.77. The molecule has 0 radical (unpaired) electrons. The Labute approximate surface area is 147 Å². The number of halogens is 3. The second kappa shape index (κ2) is 8.70. The molecule has 11 heteroatoms. The van der Waals surface area contributed by atoms with Crippen LogP contribution in [0.1, 0.15) is 18.6 Å². The minimum absolute atomic E-state index is 0.0955. The maximum Gasteiger partial charge on any atom is 0.405 e. The summed E-state index contributed by atoms with van der Waals surface area (Å²) in [5, 5.41) is 6.34. The van der Waals surface area contributed by atoms with Gasteiger partial charge >= 0.3 is 12.2 Å². The van der Waals surface area contributed by atoms with E-state index in [9.17, 15) is 27.6 Å². The number of urea groups is 1. The Balaban J connectivity index is 1.75. The van der Waals surface area contributed by atoms with E-state index >= 15 is 0 Å². The third-order valence-corrected chi connectivity index (χ3v) is 3.73. The molecule has 0 saturated carbocycles. The van der Waals surface area contributed by atoms with Crippen LogP contribution in [0.3, 0.4) is 0 Å². The van der Waals surface area contributed by atoms with E-state index in [2.05, 4.69) is 10.6 Å². The van der Waals surface area contributed by atoms with Crippen LogP contribution < -0.4 is 16.0 Å². The van der Waals surface area contributed by atoms with Gasteiger partial charge < -0.3 is 15.1 Å². The Kier molecular flexibility index (Phi) is 6.61. The van der Waals surface area contributed by atoms with Crippen molar-refractivity contribution in [2.45, 2.75) is 31.6 Å². The molecule has 1 fully saturated rings. The molecule has 8 nitrogen and oxygen atoms in total. The molecule has 3 N–H and O–H groups in total. The molecule has 0 aromatic carbocycles. The molecule has 1 unspecified atom stereocenters. The van der Waals surface area contributed by atoms with Crippen LogP contribution in [0.4, 0.5) is 18.0 Å². The van der Waals surface area contributed by atoms with E-state index in [1.54, 1.807) is 12.1 Å². The third kappa shape index (κ3) is 6.39. The number of carbonyl (C=O) groups is 3. The lowest BCUT2D eigenvalue weighted by molar-refractivity contribution is -0.141. The van der Waals surface area contributed by atoms with Crippen molar-refractivity contribution in [2.24, 2.45) is 0 Å². The number of hydrogen-bond acceptors (Lipinski definition) is 5. The van der Waals surface area contributed by atoms with Crippen molar-refractivity contribution < 1.29 is 32.0 Å². The number of imide groups is 1. The van der Waals surface area contributed by atoms with E-state index in [-0.39, 0.29) is 13.1 Å². The fourth-order valence-electron chi connectivity index (χ4n) is 2.59. The lowest BCUT2D eigenvalue weighted by atomic mass is 10.2. The minimum atomic E-state index is -4.50. The number of furan rings is 1. The van der Waals surface area contributed by atoms with Crippen molar-refractivity contribution in [3.8, 4) is 0 Å². The van der Waals surface area contributed by atoms with Gasteiger partial charge in [0.05, 0.1) is 25.4 Å². The predicted octanol–water partition coefficient (Wildman–Crippen LogP) is 0.748. The Morgan fingerprint density at radius 2 is 2.04 bits per heavy atom. The molecule has 1 saturated heterocycles. The summed E-state index contributed by atoms with van der Waals surface area (Å²) in [6, 6.07) is 1.74. The van der Waals surface area contributed by atoms with Crippen LogP contribution in [0.5, 0.6) is 0 Å². The van der Waals surface area contributed by atoms with Gasteiger partial charge in [-0.25, -0.2) is 4.79 Å². The van der Waals surface area contributed by atoms with Crippen LogP contribution in [0.2, 0.25) is 0 Å².